The molecule has 8 heteroatoms. The first-order chi connectivity index (χ1) is 10.8. The lowest BCUT2D eigenvalue weighted by atomic mass is 10.0. The van der Waals surface area contributed by atoms with Crippen molar-refractivity contribution in [1.82, 2.24) is 19.8 Å². The second-order valence-electron chi connectivity index (χ2n) is 5.41. The van der Waals surface area contributed by atoms with Gasteiger partial charge >= 0.3 is 6.18 Å². The lowest BCUT2D eigenvalue weighted by molar-refractivity contribution is -0.146. The summed E-state index contributed by atoms with van der Waals surface area (Å²) in [5, 5.41) is 13.5. The third-order valence-electron chi connectivity index (χ3n) is 3.37. The molecule has 0 unspecified atom stereocenters. The summed E-state index contributed by atoms with van der Waals surface area (Å²) in [6.45, 7) is 4.17. The highest BCUT2D eigenvalue weighted by atomic mass is 19.4. The molecule has 0 spiro atoms. The Morgan fingerprint density at radius 2 is 1.70 bits per heavy atom. The van der Waals surface area contributed by atoms with Gasteiger partial charge in [0.05, 0.1) is 0 Å². The molecule has 5 nitrogen and oxygen atoms in total. The van der Waals surface area contributed by atoms with E-state index < -0.39 is 12.0 Å². The van der Waals surface area contributed by atoms with E-state index in [-0.39, 0.29) is 11.5 Å². The highest BCUT2D eigenvalue weighted by molar-refractivity contribution is 5.57. The van der Waals surface area contributed by atoms with Crippen LogP contribution in [0.1, 0.15) is 31.2 Å². The van der Waals surface area contributed by atoms with Crippen LogP contribution in [0.4, 0.5) is 24.7 Å². The van der Waals surface area contributed by atoms with Crippen LogP contribution in [-0.2, 0) is 6.18 Å². The minimum absolute atomic E-state index is 0.0398. The molecule has 0 aliphatic rings. The molecule has 0 aliphatic heterocycles. The monoisotopic (exact) mass is 321 g/mol. The fourth-order valence-corrected chi connectivity index (χ4v) is 2.13. The number of rotatable bonds is 3. The largest absolute Gasteiger partial charge is 0.453 e. The van der Waals surface area contributed by atoms with Crippen molar-refractivity contribution in [3.05, 3.63) is 47.8 Å². The molecular weight excluding hydrogens is 307 g/mol. The van der Waals surface area contributed by atoms with Gasteiger partial charge in [0, 0.05) is 5.69 Å². The lowest BCUT2D eigenvalue weighted by Crippen LogP contribution is -2.13. The molecule has 1 N–H and O–H groups in total. The van der Waals surface area contributed by atoms with Crippen molar-refractivity contribution < 1.29 is 13.2 Å². The van der Waals surface area contributed by atoms with Gasteiger partial charge in [0.25, 0.3) is 5.82 Å². The quantitative estimate of drug-likeness (QED) is 0.792. The molecule has 0 saturated heterocycles. The van der Waals surface area contributed by atoms with Crippen molar-refractivity contribution in [2.45, 2.75) is 25.9 Å². The van der Waals surface area contributed by atoms with Crippen LogP contribution in [0.15, 0.2) is 36.4 Å². The van der Waals surface area contributed by atoms with Gasteiger partial charge in [-0.2, -0.15) is 17.7 Å². The Balaban J connectivity index is 1.91. The van der Waals surface area contributed by atoms with Gasteiger partial charge in [0.15, 0.2) is 11.5 Å². The molecule has 0 fully saturated rings. The summed E-state index contributed by atoms with van der Waals surface area (Å²) in [6, 6.07) is 10.6. The predicted octanol–water partition coefficient (Wildman–Crippen LogP) is 4.01. The second-order valence-corrected chi connectivity index (χ2v) is 5.41. The zero-order chi connectivity index (χ0) is 16.6. The molecule has 0 radical (unpaired) electrons. The summed E-state index contributed by atoms with van der Waals surface area (Å²) >= 11 is 0. The molecule has 0 saturated carbocycles. The smallest absolute Gasteiger partial charge is 0.339 e. The number of anilines is 2. The maximum atomic E-state index is 12.8. The third kappa shape index (κ3) is 3.10. The number of nitrogens with one attached hydrogen (secondary N) is 1. The van der Waals surface area contributed by atoms with E-state index >= 15 is 0 Å². The van der Waals surface area contributed by atoms with Gasteiger partial charge in [-0.3, -0.25) is 0 Å². The Labute approximate surface area is 130 Å². The number of halogens is 3. The zero-order valence-corrected chi connectivity index (χ0v) is 12.5. The number of benzene rings is 1. The Morgan fingerprint density at radius 1 is 1.00 bits per heavy atom. The van der Waals surface area contributed by atoms with Gasteiger partial charge < -0.3 is 5.32 Å². The molecule has 0 aliphatic carbocycles. The molecule has 23 heavy (non-hydrogen) atoms. The van der Waals surface area contributed by atoms with E-state index in [4.69, 9.17) is 0 Å². The molecule has 120 valence electrons. The summed E-state index contributed by atoms with van der Waals surface area (Å²) in [5.41, 5.74) is 1.96. The SMILES string of the molecule is CC(C)c1ccc(Nc2ccc3nnc(C(F)(F)F)n3n2)cc1. The van der Waals surface area contributed by atoms with Crippen molar-refractivity contribution in [3.63, 3.8) is 0 Å². The van der Waals surface area contributed by atoms with Gasteiger partial charge in [-0.25, -0.2) is 0 Å². The first kappa shape index (κ1) is 15.3. The van der Waals surface area contributed by atoms with Crippen LogP contribution in [0.25, 0.3) is 5.65 Å². The highest BCUT2D eigenvalue weighted by Gasteiger charge is 2.37. The first-order valence-corrected chi connectivity index (χ1v) is 7.01. The summed E-state index contributed by atoms with van der Waals surface area (Å²) < 4.78 is 39.2. The average Bonchev–Trinajstić information content (AvgIpc) is 2.91. The fraction of sp³-hybridized carbons (Fsp3) is 0.267. The Hall–Kier alpha value is -2.64. The number of alkyl halides is 3. The Kier molecular flexibility index (Phi) is 3.67. The number of nitrogens with zero attached hydrogens (tertiary/aromatic N) is 4. The van der Waals surface area contributed by atoms with Crippen LogP contribution in [0.3, 0.4) is 0 Å². The van der Waals surface area contributed by atoms with Gasteiger partial charge in [0.2, 0.25) is 0 Å². The van der Waals surface area contributed by atoms with Gasteiger partial charge in [-0.15, -0.1) is 15.3 Å². The van der Waals surface area contributed by atoms with Crippen LogP contribution < -0.4 is 5.32 Å². The molecule has 3 rings (SSSR count). The first-order valence-electron chi connectivity index (χ1n) is 7.01. The maximum Gasteiger partial charge on any atom is 0.453 e. The Morgan fingerprint density at radius 3 is 2.30 bits per heavy atom. The van der Waals surface area contributed by atoms with Crippen LogP contribution in [0, 0.1) is 0 Å². The summed E-state index contributed by atoms with van der Waals surface area (Å²) in [6.07, 6.45) is -4.61. The predicted molar refractivity (Wildman–Crippen MR) is 79.6 cm³/mol. The topological polar surface area (TPSA) is 55.1 Å². The fourth-order valence-electron chi connectivity index (χ4n) is 2.13. The van der Waals surface area contributed by atoms with Crippen LogP contribution >= 0.6 is 0 Å². The molecule has 0 amide bonds. The summed E-state index contributed by atoms with van der Waals surface area (Å²) in [7, 11) is 0. The average molecular weight is 321 g/mol. The standard InChI is InChI=1S/C15H14F3N5/c1-9(2)10-3-5-11(6-4-10)19-12-7-8-13-20-21-14(15(16,17)18)23(13)22-12/h3-9H,1-2H3,(H,19,22). The molecule has 2 heterocycles. The molecule has 0 atom stereocenters. The van der Waals surface area contributed by atoms with Gasteiger partial charge in [-0.1, -0.05) is 26.0 Å². The number of hydrogen-bond acceptors (Lipinski definition) is 4. The third-order valence-corrected chi connectivity index (χ3v) is 3.37. The minimum atomic E-state index is -4.61. The van der Waals surface area contributed by atoms with E-state index in [9.17, 15) is 13.2 Å². The van der Waals surface area contributed by atoms with Gasteiger partial charge in [-0.05, 0) is 35.7 Å². The molecular formula is C15H14F3N5. The van der Waals surface area contributed by atoms with Crippen molar-refractivity contribution in [2.75, 3.05) is 5.32 Å². The van der Waals surface area contributed by atoms with Crippen LogP contribution in [-0.4, -0.2) is 19.8 Å². The summed E-state index contributed by atoms with van der Waals surface area (Å²) in [4.78, 5) is 0. The summed E-state index contributed by atoms with van der Waals surface area (Å²) in [5.74, 6) is -0.462. The number of hydrogen-bond donors (Lipinski definition) is 1. The van der Waals surface area contributed by atoms with Crippen molar-refractivity contribution in [1.29, 1.82) is 0 Å². The maximum absolute atomic E-state index is 12.8. The van der Waals surface area contributed by atoms with Crippen molar-refractivity contribution in [2.24, 2.45) is 0 Å². The number of fused-ring (bicyclic) bond motifs is 1. The van der Waals surface area contributed by atoms with Crippen LogP contribution in [0.5, 0.6) is 0 Å². The molecule has 1 aromatic carbocycles. The molecule has 3 aromatic rings. The van der Waals surface area contributed by atoms with Gasteiger partial charge in [0.1, 0.15) is 0 Å². The molecule has 2 aromatic heterocycles. The minimum Gasteiger partial charge on any atom is -0.339 e. The van der Waals surface area contributed by atoms with E-state index in [1.165, 1.54) is 11.6 Å². The van der Waals surface area contributed by atoms with E-state index in [0.29, 0.717) is 10.4 Å². The lowest BCUT2D eigenvalue weighted by Gasteiger charge is -2.09. The van der Waals surface area contributed by atoms with E-state index in [1.54, 1.807) is 6.07 Å². The van der Waals surface area contributed by atoms with Crippen molar-refractivity contribution >= 4 is 17.2 Å². The Bertz CT molecular complexity index is 821. The number of aromatic nitrogens is 4. The van der Waals surface area contributed by atoms with E-state index in [1.807, 2.05) is 24.3 Å². The molecule has 0 bridgehead atoms. The van der Waals surface area contributed by atoms with E-state index in [2.05, 4.69) is 34.5 Å². The highest BCUT2D eigenvalue weighted by Crippen LogP contribution is 2.28. The normalized spacial score (nSPS) is 12.1. The zero-order valence-electron chi connectivity index (χ0n) is 12.5. The van der Waals surface area contributed by atoms with Crippen LogP contribution in [0.2, 0.25) is 0 Å². The van der Waals surface area contributed by atoms with E-state index in [0.717, 1.165) is 5.69 Å². The van der Waals surface area contributed by atoms with Crippen molar-refractivity contribution in [3.8, 4) is 0 Å². The second kappa shape index (κ2) is 5.53.